The summed E-state index contributed by atoms with van der Waals surface area (Å²) in [6, 6.07) is 0. The molecule has 0 spiro atoms. The SMILES string of the molecule is COC(=O)CN1CCN(C(=O)CC2CC3CCC2C3)CC1. The Morgan fingerprint density at radius 2 is 1.86 bits per heavy atom. The predicted octanol–water partition coefficient (Wildman–Crippen LogP) is 1.13. The molecule has 118 valence electrons. The lowest BCUT2D eigenvalue weighted by Crippen LogP contribution is -2.50. The summed E-state index contributed by atoms with van der Waals surface area (Å²) in [6.07, 6.45) is 6.12. The van der Waals surface area contributed by atoms with Gasteiger partial charge in [-0.3, -0.25) is 14.5 Å². The number of fused-ring (bicyclic) bond motifs is 2. The first kappa shape index (κ1) is 14.8. The monoisotopic (exact) mass is 294 g/mol. The van der Waals surface area contributed by atoms with E-state index >= 15 is 0 Å². The van der Waals surface area contributed by atoms with Gasteiger partial charge in [0.25, 0.3) is 0 Å². The second-order valence-electron chi connectivity index (χ2n) is 6.87. The van der Waals surface area contributed by atoms with Crippen LogP contribution in [0.25, 0.3) is 0 Å². The van der Waals surface area contributed by atoms with E-state index in [-0.39, 0.29) is 5.97 Å². The molecule has 0 aromatic rings. The minimum atomic E-state index is -0.197. The van der Waals surface area contributed by atoms with Gasteiger partial charge in [0.15, 0.2) is 0 Å². The van der Waals surface area contributed by atoms with Crippen LogP contribution in [-0.2, 0) is 14.3 Å². The first-order valence-corrected chi connectivity index (χ1v) is 8.22. The molecule has 0 radical (unpaired) electrons. The molecule has 3 unspecified atom stereocenters. The van der Waals surface area contributed by atoms with Gasteiger partial charge in [0.1, 0.15) is 0 Å². The van der Waals surface area contributed by atoms with Crippen LogP contribution < -0.4 is 0 Å². The van der Waals surface area contributed by atoms with Crippen molar-refractivity contribution in [2.45, 2.75) is 32.1 Å². The van der Waals surface area contributed by atoms with Crippen molar-refractivity contribution in [2.24, 2.45) is 17.8 Å². The molecule has 1 saturated heterocycles. The van der Waals surface area contributed by atoms with E-state index in [9.17, 15) is 9.59 Å². The van der Waals surface area contributed by atoms with Gasteiger partial charge in [0, 0.05) is 32.6 Å². The molecule has 21 heavy (non-hydrogen) atoms. The highest BCUT2D eigenvalue weighted by molar-refractivity contribution is 5.76. The van der Waals surface area contributed by atoms with Crippen molar-refractivity contribution in [2.75, 3.05) is 39.8 Å². The Bertz CT molecular complexity index is 404. The molecule has 0 N–H and O–H groups in total. The Kier molecular flexibility index (Phi) is 4.48. The normalized spacial score (nSPS) is 32.4. The molecule has 1 heterocycles. The number of hydrogen-bond acceptors (Lipinski definition) is 4. The lowest BCUT2D eigenvalue weighted by Gasteiger charge is -2.35. The summed E-state index contributed by atoms with van der Waals surface area (Å²) in [5.41, 5.74) is 0. The standard InChI is InChI=1S/C16H26N2O3/c1-21-16(20)11-17-4-6-18(7-5-17)15(19)10-14-9-12-2-3-13(14)8-12/h12-14H,2-11H2,1H3. The molecule has 3 aliphatic rings. The zero-order valence-electron chi connectivity index (χ0n) is 12.9. The van der Waals surface area contributed by atoms with Gasteiger partial charge < -0.3 is 9.64 Å². The van der Waals surface area contributed by atoms with Crippen molar-refractivity contribution in [3.05, 3.63) is 0 Å². The van der Waals surface area contributed by atoms with Crippen LogP contribution in [0, 0.1) is 17.8 Å². The third kappa shape index (κ3) is 3.39. The van der Waals surface area contributed by atoms with Crippen LogP contribution in [0.2, 0.25) is 0 Å². The second-order valence-corrected chi connectivity index (χ2v) is 6.87. The predicted molar refractivity (Wildman–Crippen MR) is 78.6 cm³/mol. The first-order valence-electron chi connectivity index (χ1n) is 8.22. The lowest BCUT2D eigenvalue weighted by atomic mass is 9.86. The van der Waals surface area contributed by atoms with Crippen LogP contribution in [0.3, 0.4) is 0 Å². The minimum Gasteiger partial charge on any atom is -0.468 e. The van der Waals surface area contributed by atoms with Crippen LogP contribution in [0.4, 0.5) is 0 Å². The molecule has 3 rings (SSSR count). The van der Waals surface area contributed by atoms with E-state index in [0.29, 0.717) is 18.4 Å². The van der Waals surface area contributed by atoms with Crippen LogP contribution in [-0.4, -0.2) is 61.5 Å². The van der Waals surface area contributed by atoms with E-state index in [1.54, 1.807) is 0 Å². The fraction of sp³-hybridized carbons (Fsp3) is 0.875. The fourth-order valence-corrected chi connectivity index (χ4v) is 4.38. The van der Waals surface area contributed by atoms with Gasteiger partial charge in [-0.05, 0) is 37.0 Å². The number of hydrogen-bond donors (Lipinski definition) is 0. The maximum atomic E-state index is 12.4. The molecule has 0 aromatic carbocycles. The average molecular weight is 294 g/mol. The maximum Gasteiger partial charge on any atom is 0.319 e. The van der Waals surface area contributed by atoms with Crippen molar-refractivity contribution >= 4 is 11.9 Å². The van der Waals surface area contributed by atoms with E-state index in [0.717, 1.165) is 44.4 Å². The molecule has 1 aliphatic heterocycles. The molecule has 5 heteroatoms. The van der Waals surface area contributed by atoms with Gasteiger partial charge in [-0.15, -0.1) is 0 Å². The summed E-state index contributed by atoms with van der Waals surface area (Å²) in [6.45, 7) is 3.38. The summed E-state index contributed by atoms with van der Waals surface area (Å²) >= 11 is 0. The van der Waals surface area contributed by atoms with E-state index in [2.05, 4.69) is 9.64 Å². The molecule has 5 nitrogen and oxygen atoms in total. The largest absolute Gasteiger partial charge is 0.468 e. The van der Waals surface area contributed by atoms with Crippen molar-refractivity contribution in [1.29, 1.82) is 0 Å². The average Bonchev–Trinajstić information content (AvgIpc) is 3.10. The summed E-state index contributed by atoms with van der Waals surface area (Å²) in [5.74, 6) is 2.50. The van der Waals surface area contributed by atoms with Gasteiger partial charge >= 0.3 is 5.97 Å². The van der Waals surface area contributed by atoms with Crippen molar-refractivity contribution < 1.29 is 14.3 Å². The molecule has 2 bridgehead atoms. The van der Waals surface area contributed by atoms with Crippen LogP contribution in [0.15, 0.2) is 0 Å². The number of piperazine rings is 1. The summed E-state index contributed by atoms with van der Waals surface area (Å²) in [4.78, 5) is 27.7. The van der Waals surface area contributed by atoms with Crippen molar-refractivity contribution in [3.8, 4) is 0 Å². The Labute approximate surface area is 126 Å². The zero-order valence-corrected chi connectivity index (χ0v) is 12.9. The number of rotatable bonds is 4. The molecule has 2 saturated carbocycles. The van der Waals surface area contributed by atoms with Gasteiger partial charge in [-0.25, -0.2) is 0 Å². The van der Waals surface area contributed by atoms with Crippen LogP contribution in [0.1, 0.15) is 32.1 Å². The molecule has 3 atom stereocenters. The Hall–Kier alpha value is -1.10. The Morgan fingerprint density at radius 1 is 1.10 bits per heavy atom. The number of ether oxygens (including phenoxy) is 1. The summed E-state index contributed by atoms with van der Waals surface area (Å²) in [5, 5.41) is 0. The summed E-state index contributed by atoms with van der Waals surface area (Å²) in [7, 11) is 1.41. The van der Waals surface area contributed by atoms with E-state index in [4.69, 9.17) is 0 Å². The number of carbonyl (C=O) groups is 2. The van der Waals surface area contributed by atoms with Gasteiger partial charge in [-0.1, -0.05) is 6.42 Å². The number of methoxy groups -OCH3 is 1. The van der Waals surface area contributed by atoms with Crippen LogP contribution in [0.5, 0.6) is 0 Å². The Morgan fingerprint density at radius 3 is 2.43 bits per heavy atom. The van der Waals surface area contributed by atoms with E-state index < -0.39 is 0 Å². The highest BCUT2D eigenvalue weighted by Gasteiger charge is 2.40. The van der Waals surface area contributed by atoms with Crippen molar-refractivity contribution in [1.82, 2.24) is 9.80 Å². The number of carbonyl (C=O) groups excluding carboxylic acids is 2. The number of nitrogens with zero attached hydrogens (tertiary/aromatic N) is 2. The topological polar surface area (TPSA) is 49.9 Å². The Balaban J connectivity index is 1.42. The molecule has 3 fully saturated rings. The third-order valence-electron chi connectivity index (χ3n) is 5.63. The highest BCUT2D eigenvalue weighted by atomic mass is 16.5. The third-order valence-corrected chi connectivity index (χ3v) is 5.63. The van der Waals surface area contributed by atoms with Crippen LogP contribution >= 0.6 is 0 Å². The zero-order chi connectivity index (χ0) is 14.8. The minimum absolute atomic E-state index is 0.197. The maximum absolute atomic E-state index is 12.4. The quantitative estimate of drug-likeness (QED) is 0.729. The molecule has 2 aliphatic carbocycles. The first-order chi connectivity index (χ1) is 10.2. The number of esters is 1. The number of amides is 1. The lowest BCUT2D eigenvalue weighted by molar-refractivity contribution is -0.142. The molecule has 1 amide bonds. The fourth-order valence-electron chi connectivity index (χ4n) is 4.38. The van der Waals surface area contributed by atoms with Gasteiger partial charge in [0.05, 0.1) is 13.7 Å². The second kappa shape index (κ2) is 6.34. The van der Waals surface area contributed by atoms with Gasteiger partial charge in [0.2, 0.25) is 5.91 Å². The van der Waals surface area contributed by atoms with E-state index in [1.165, 1.54) is 32.8 Å². The smallest absolute Gasteiger partial charge is 0.319 e. The van der Waals surface area contributed by atoms with Gasteiger partial charge in [-0.2, -0.15) is 0 Å². The van der Waals surface area contributed by atoms with E-state index in [1.807, 2.05) is 4.90 Å². The van der Waals surface area contributed by atoms with Crippen molar-refractivity contribution in [3.63, 3.8) is 0 Å². The highest BCUT2D eigenvalue weighted by Crippen LogP contribution is 2.49. The molecule has 0 aromatic heterocycles. The molecular weight excluding hydrogens is 268 g/mol. The summed E-state index contributed by atoms with van der Waals surface area (Å²) < 4.78 is 4.68. The molecular formula is C16H26N2O3.